The third-order valence-corrected chi connectivity index (χ3v) is 4.54. The maximum absolute atomic E-state index is 11.8. The number of hydrogen-bond acceptors (Lipinski definition) is 5. The average Bonchev–Trinajstić information content (AvgIpc) is 3.00. The zero-order valence-corrected chi connectivity index (χ0v) is 15.7. The van der Waals surface area contributed by atoms with E-state index in [9.17, 15) is 9.59 Å². The summed E-state index contributed by atoms with van der Waals surface area (Å²) in [5, 5.41) is 6.01. The number of carbonyl (C=O) groups is 2. The molecular formula is C18H25N3O3S. The predicted octanol–water partition coefficient (Wildman–Crippen LogP) is 1.72. The fourth-order valence-corrected chi connectivity index (χ4v) is 3.13. The summed E-state index contributed by atoms with van der Waals surface area (Å²) >= 11 is 5.52. The lowest BCUT2D eigenvalue weighted by molar-refractivity contribution is -0.152. The van der Waals surface area contributed by atoms with Crippen molar-refractivity contribution in [2.75, 3.05) is 32.1 Å². The van der Waals surface area contributed by atoms with Gasteiger partial charge in [-0.15, -0.1) is 0 Å². The summed E-state index contributed by atoms with van der Waals surface area (Å²) in [4.78, 5) is 26.3. The Bertz CT molecular complexity index is 663. The molecule has 1 aliphatic heterocycles. The number of likely N-dealkylation sites (N-methyl/N-ethyl adjacent to an activating group) is 1. The first-order chi connectivity index (χ1) is 11.9. The van der Waals surface area contributed by atoms with Gasteiger partial charge in [0.15, 0.2) is 0 Å². The Hall–Kier alpha value is -1.99. The van der Waals surface area contributed by atoms with Crippen molar-refractivity contribution in [1.82, 2.24) is 10.2 Å². The third-order valence-electron chi connectivity index (χ3n) is 4.18. The van der Waals surface area contributed by atoms with Crippen LogP contribution in [-0.2, 0) is 20.7 Å². The molecule has 1 aliphatic rings. The van der Waals surface area contributed by atoms with Gasteiger partial charge < -0.3 is 20.3 Å². The van der Waals surface area contributed by atoms with E-state index in [1.54, 1.807) is 13.0 Å². The molecule has 1 amide bonds. The average molecular weight is 363 g/mol. The molecule has 0 spiro atoms. The highest BCUT2D eigenvalue weighted by atomic mass is 32.1. The molecule has 1 atom stereocenters. The number of aryl methyl sites for hydroxylation is 1. The number of likely N-dealkylation sites (tertiary alicyclic amines) is 1. The molecule has 1 aromatic carbocycles. The Morgan fingerprint density at radius 2 is 2.12 bits per heavy atom. The first kappa shape index (κ1) is 19.3. The Morgan fingerprint density at radius 3 is 2.72 bits per heavy atom. The van der Waals surface area contributed by atoms with Crippen molar-refractivity contribution in [3.05, 3.63) is 29.3 Å². The van der Waals surface area contributed by atoms with Crippen molar-refractivity contribution in [2.45, 2.75) is 32.7 Å². The third kappa shape index (κ3) is 5.24. The van der Waals surface area contributed by atoms with Gasteiger partial charge >= 0.3 is 11.9 Å². The number of anilines is 1. The number of ether oxygens (including phenoxy) is 1. The quantitative estimate of drug-likeness (QED) is 0.472. The molecule has 0 radical (unpaired) electrons. The lowest BCUT2D eigenvalue weighted by atomic mass is 10.1. The topological polar surface area (TPSA) is 70.7 Å². The number of amides is 1. The lowest BCUT2D eigenvalue weighted by Gasteiger charge is -2.17. The van der Waals surface area contributed by atoms with Gasteiger partial charge in [-0.1, -0.05) is 19.1 Å². The van der Waals surface area contributed by atoms with E-state index in [2.05, 4.69) is 22.6 Å². The van der Waals surface area contributed by atoms with Crippen molar-refractivity contribution in [3.8, 4) is 0 Å². The number of esters is 1. The number of nitrogens with zero attached hydrogens (tertiary/aromatic N) is 1. The normalized spacial score (nSPS) is 17.2. The lowest BCUT2D eigenvalue weighted by Crippen LogP contribution is -2.36. The monoisotopic (exact) mass is 363 g/mol. The summed E-state index contributed by atoms with van der Waals surface area (Å²) in [5.41, 5.74) is 2.44. The molecule has 6 nitrogen and oxygen atoms in total. The zero-order chi connectivity index (χ0) is 18.4. The highest BCUT2D eigenvalue weighted by molar-refractivity contribution is 7.80. The Morgan fingerprint density at radius 1 is 1.36 bits per heavy atom. The Balaban J connectivity index is 2.06. The van der Waals surface area contributed by atoms with Crippen molar-refractivity contribution in [2.24, 2.45) is 0 Å². The van der Waals surface area contributed by atoms with Crippen LogP contribution in [0.2, 0.25) is 0 Å². The van der Waals surface area contributed by atoms with Gasteiger partial charge in [-0.25, -0.2) is 4.79 Å². The van der Waals surface area contributed by atoms with E-state index in [1.807, 2.05) is 19.1 Å². The second kappa shape index (κ2) is 8.92. The van der Waals surface area contributed by atoms with Crippen LogP contribution in [0.1, 0.15) is 31.4 Å². The van der Waals surface area contributed by atoms with E-state index >= 15 is 0 Å². The highest BCUT2D eigenvalue weighted by Gasteiger charge is 2.21. The summed E-state index contributed by atoms with van der Waals surface area (Å²) in [6, 6.07) is 5.95. The van der Waals surface area contributed by atoms with Gasteiger partial charge in [0.2, 0.25) is 0 Å². The Kier molecular flexibility index (Phi) is 6.90. The number of rotatable bonds is 5. The molecule has 0 aromatic heterocycles. The van der Waals surface area contributed by atoms with Crippen molar-refractivity contribution >= 4 is 34.8 Å². The molecular weight excluding hydrogens is 338 g/mol. The molecule has 1 unspecified atom stereocenters. The van der Waals surface area contributed by atoms with E-state index in [0.29, 0.717) is 23.1 Å². The molecule has 0 bridgehead atoms. The van der Waals surface area contributed by atoms with Crippen LogP contribution >= 0.6 is 12.2 Å². The molecule has 1 heterocycles. The van der Waals surface area contributed by atoms with Gasteiger partial charge in [-0.2, -0.15) is 0 Å². The summed E-state index contributed by atoms with van der Waals surface area (Å²) in [6.45, 7) is 5.87. The minimum Gasteiger partial charge on any atom is -0.459 e. The zero-order valence-electron chi connectivity index (χ0n) is 14.9. The molecule has 7 heteroatoms. The van der Waals surface area contributed by atoms with Crippen LogP contribution in [0.4, 0.5) is 5.69 Å². The van der Waals surface area contributed by atoms with Crippen LogP contribution in [-0.4, -0.2) is 54.6 Å². The Labute approximate surface area is 153 Å². The van der Waals surface area contributed by atoms with E-state index in [-0.39, 0.29) is 6.61 Å². The number of nitrogens with one attached hydrogen (secondary N) is 2. The molecule has 0 saturated carbocycles. The van der Waals surface area contributed by atoms with Gasteiger partial charge in [0, 0.05) is 23.8 Å². The summed E-state index contributed by atoms with van der Waals surface area (Å²) in [7, 11) is 2.10. The predicted molar refractivity (Wildman–Crippen MR) is 102 cm³/mol. The fourth-order valence-electron chi connectivity index (χ4n) is 2.84. The molecule has 2 rings (SSSR count). The molecule has 1 aromatic rings. The minimum absolute atomic E-state index is 0.169. The van der Waals surface area contributed by atoms with Crippen LogP contribution in [0, 0.1) is 0 Å². The molecule has 1 saturated heterocycles. The van der Waals surface area contributed by atoms with Gasteiger partial charge in [0.1, 0.15) is 4.99 Å². The molecule has 0 aliphatic carbocycles. The number of benzene rings is 1. The maximum Gasteiger partial charge on any atom is 0.397 e. The summed E-state index contributed by atoms with van der Waals surface area (Å²) < 4.78 is 4.71. The number of hydrogen-bond donors (Lipinski definition) is 2. The van der Waals surface area contributed by atoms with Gasteiger partial charge in [0.25, 0.3) is 0 Å². The van der Waals surface area contributed by atoms with E-state index in [1.165, 1.54) is 0 Å². The minimum atomic E-state index is -0.879. The highest BCUT2D eigenvalue weighted by Crippen LogP contribution is 2.19. The second-order valence-electron chi connectivity index (χ2n) is 6.12. The van der Waals surface area contributed by atoms with Crippen molar-refractivity contribution < 1.29 is 14.3 Å². The first-order valence-corrected chi connectivity index (χ1v) is 8.95. The van der Waals surface area contributed by atoms with Gasteiger partial charge in [0.05, 0.1) is 6.61 Å². The van der Waals surface area contributed by atoms with Crippen LogP contribution in [0.25, 0.3) is 0 Å². The van der Waals surface area contributed by atoms with Crippen LogP contribution in [0.3, 0.4) is 0 Å². The number of carbonyl (C=O) groups excluding carboxylic acids is 2. The van der Waals surface area contributed by atoms with E-state index < -0.39 is 11.9 Å². The largest absolute Gasteiger partial charge is 0.459 e. The van der Waals surface area contributed by atoms with E-state index in [0.717, 1.165) is 30.6 Å². The van der Waals surface area contributed by atoms with Gasteiger partial charge in [-0.3, -0.25) is 4.79 Å². The molecule has 136 valence electrons. The fraction of sp³-hybridized carbons (Fsp3) is 0.500. The maximum atomic E-state index is 11.8. The molecule has 1 fully saturated rings. The second-order valence-corrected chi connectivity index (χ2v) is 6.53. The molecule has 2 N–H and O–H groups in total. The standard InChI is InChI=1S/C18H25N3O3S/c1-4-12-10-13(17(25)19-14-8-9-21(3)11-14)6-7-15(12)20-16(22)18(23)24-5-2/h6-7,10,14H,4-5,8-9,11H2,1-3H3,(H,19,25)(H,20,22). The van der Waals surface area contributed by atoms with Gasteiger partial charge in [-0.05, 0) is 57.1 Å². The van der Waals surface area contributed by atoms with E-state index in [4.69, 9.17) is 17.0 Å². The first-order valence-electron chi connectivity index (χ1n) is 8.55. The van der Waals surface area contributed by atoms with Crippen LogP contribution in [0.5, 0.6) is 0 Å². The van der Waals surface area contributed by atoms with Crippen molar-refractivity contribution in [3.63, 3.8) is 0 Å². The van der Waals surface area contributed by atoms with Crippen molar-refractivity contribution in [1.29, 1.82) is 0 Å². The number of thiocarbonyl (C=S) groups is 1. The summed E-state index contributed by atoms with van der Waals surface area (Å²) in [6.07, 6.45) is 1.78. The molecule has 25 heavy (non-hydrogen) atoms. The van der Waals surface area contributed by atoms with Crippen LogP contribution in [0.15, 0.2) is 18.2 Å². The summed E-state index contributed by atoms with van der Waals surface area (Å²) in [5.74, 6) is -1.64. The SMILES string of the molecule is CCOC(=O)C(=O)Nc1ccc(C(=S)NC2CCN(C)C2)cc1CC. The van der Waals surface area contributed by atoms with Crippen LogP contribution < -0.4 is 10.6 Å². The smallest absolute Gasteiger partial charge is 0.397 e.